The van der Waals surface area contributed by atoms with Gasteiger partial charge in [0.15, 0.2) is 5.82 Å². The summed E-state index contributed by atoms with van der Waals surface area (Å²) in [4.78, 5) is 9.00. The molecule has 20 heavy (non-hydrogen) atoms. The molecule has 0 spiro atoms. The summed E-state index contributed by atoms with van der Waals surface area (Å²) in [6.07, 6.45) is 3.50. The van der Waals surface area contributed by atoms with Gasteiger partial charge in [0.05, 0.1) is 6.61 Å². The van der Waals surface area contributed by atoms with Gasteiger partial charge in [-0.15, -0.1) is 0 Å². The van der Waals surface area contributed by atoms with Crippen LogP contribution >= 0.6 is 0 Å². The smallest absolute Gasteiger partial charge is 0.242 e. The number of nitrogen functional groups attached to an aromatic ring is 1. The third-order valence-electron chi connectivity index (χ3n) is 2.94. The molecule has 0 aliphatic rings. The average Bonchev–Trinajstić information content (AvgIpc) is 2.37. The first kappa shape index (κ1) is 16.5. The minimum Gasteiger partial charge on any atom is -0.476 e. The summed E-state index contributed by atoms with van der Waals surface area (Å²) in [5.74, 6) is 1.91. The van der Waals surface area contributed by atoms with E-state index in [0.717, 1.165) is 18.8 Å². The van der Waals surface area contributed by atoms with Crippen molar-refractivity contribution < 1.29 is 4.74 Å². The van der Waals surface area contributed by atoms with Gasteiger partial charge in [0.25, 0.3) is 0 Å². The average molecular weight is 280 g/mol. The number of aromatic nitrogens is 2. The normalized spacial score (nSPS) is 11.4. The first-order valence-corrected chi connectivity index (χ1v) is 7.44. The zero-order chi connectivity index (χ0) is 15.2. The van der Waals surface area contributed by atoms with Crippen LogP contribution in [0.5, 0.6) is 5.88 Å². The number of ether oxygens (including phenoxy) is 1. The highest BCUT2D eigenvalue weighted by Gasteiger charge is 2.22. The Morgan fingerprint density at radius 1 is 1.15 bits per heavy atom. The van der Waals surface area contributed by atoms with Crippen LogP contribution in [0.4, 0.5) is 11.5 Å². The number of nitrogens with two attached hydrogens (primary N) is 1. The second-order valence-corrected chi connectivity index (χ2v) is 5.93. The predicted octanol–water partition coefficient (Wildman–Crippen LogP) is 3.36. The molecule has 0 aliphatic heterocycles. The van der Waals surface area contributed by atoms with Gasteiger partial charge in [-0.2, -0.15) is 4.98 Å². The molecule has 0 fully saturated rings. The molecule has 1 heterocycles. The molecule has 1 rings (SSSR count). The lowest BCUT2D eigenvalue weighted by Gasteiger charge is -2.20. The van der Waals surface area contributed by atoms with E-state index in [4.69, 9.17) is 10.5 Å². The van der Waals surface area contributed by atoms with Gasteiger partial charge in [-0.25, -0.2) is 4.98 Å². The maximum Gasteiger partial charge on any atom is 0.242 e. The second kappa shape index (κ2) is 7.31. The standard InChI is InChI=1S/C15H28N4O/c1-6-8-9-10-17-12-11(16)13(20-7-2)19-14(18-12)15(3,4)5/h6-10,16H2,1-5H3,(H,17,18,19). The number of rotatable bonds is 7. The molecule has 5 heteroatoms. The molecule has 114 valence electrons. The lowest BCUT2D eigenvalue weighted by molar-refractivity contribution is 0.324. The van der Waals surface area contributed by atoms with Gasteiger partial charge in [0.1, 0.15) is 11.5 Å². The van der Waals surface area contributed by atoms with Gasteiger partial charge in [0, 0.05) is 12.0 Å². The van der Waals surface area contributed by atoms with Crippen LogP contribution in [0.25, 0.3) is 0 Å². The van der Waals surface area contributed by atoms with E-state index in [-0.39, 0.29) is 5.41 Å². The van der Waals surface area contributed by atoms with E-state index in [9.17, 15) is 0 Å². The Hall–Kier alpha value is -1.52. The van der Waals surface area contributed by atoms with Crippen LogP contribution in [0.3, 0.4) is 0 Å². The fourth-order valence-electron chi connectivity index (χ4n) is 1.75. The summed E-state index contributed by atoms with van der Waals surface area (Å²) in [5, 5.41) is 3.30. The van der Waals surface area contributed by atoms with Crippen molar-refractivity contribution in [3.63, 3.8) is 0 Å². The Kier molecular flexibility index (Phi) is 6.05. The van der Waals surface area contributed by atoms with Crippen LogP contribution in [-0.4, -0.2) is 23.1 Å². The first-order chi connectivity index (χ1) is 9.40. The van der Waals surface area contributed by atoms with E-state index >= 15 is 0 Å². The fourth-order valence-corrected chi connectivity index (χ4v) is 1.75. The highest BCUT2D eigenvalue weighted by molar-refractivity contribution is 5.67. The Balaban J connectivity index is 2.98. The van der Waals surface area contributed by atoms with E-state index in [1.54, 1.807) is 0 Å². The molecule has 0 amide bonds. The molecule has 1 aromatic heterocycles. The second-order valence-electron chi connectivity index (χ2n) is 5.93. The summed E-state index contributed by atoms with van der Waals surface area (Å²) in [6.45, 7) is 11.8. The number of anilines is 2. The molecule has 0 saturated heterocycles. The zero-order valence-electron chi connectivity index (χ0n) is 13.4. The van der Waals surface area contributed by atoms with Crippen molar-refractivity contribution in [1.82, 2.24) is 9.97 Å². The van der Waals surface area contributed by atoms with E-state index in [1.807, 2.05) is 6.92 Å². The van der Waals surface area contributed by atoms with Crippen molar-refractivity contribution in [3.05, 3.63) is 5.82 Å². The van der Waals surface area contributed by atoms with Crippen molar-refractivity contribution in [2.75, 3.05) is 24.2 Å². The molecular weight excluding hydrogens is 252 g/mol. The Morgan fingerprint density at radius 3 is 2.40 bits per heavy atom. The summed E-state index contributed by atoms with van der Waals surface area (Å²) < 4.78 is 5.52. The SMILES string of the molecule is CCCCCNc1nc(C(C)(C)C)nc(OCC)c1N. The molecular formula is C15H28N4O. The van der Waals surface area contributed by atoms with Gasteiger partial charge in [0.2, 0.25) is 5.88 Å². The molecule has 0 bridgehead atoms. The minimum atomic E-state index is -0.139. The van der Waals surface area contributed by atoms with Crippen LogP contribution in [0.1, 0.15) is 59.7 Å². The molecule has 0 atom stereocenters. The highest BCUT2D eigenvalue weighted by Crippen LogP contribution is 2.30. The lowest BCUT2D eigenvalue weighted by Crippen LogP contribution is -2.19. The summed E-state index contributed by atoms with van der Waals surface area (Å²) in [6, 6.07) is 0. The molecule has 0 aromatic carbocycles. The number of nitrogens with zero attached hydrogens (tertiary/aromatic N) is 2. The van der Waals surface area contributed by atoms with Crippen LogP contribution in [0.15, 0.2) is 0 Å². The Bertz CT molecular complexity index is 427. The number of nitrogens with one attached hydrogen (secondary N) is 1. The third-order valence-corrected chi connectivity index (χ3v) is 2.94. The maximum absolute atomic E-state index is 6.08. The van der Waals surface area contributed by atoms with Gasteiger partial charge in [-0.05, 0) is 13.3 Å². The van der Waals surface area contributed by atoms with Crippen molar-refractivity contribution in [2.24, 2.45) is 0 Å². The van der Waals surface area contributed by atoms with E-state index < -0.39 is 0 Å². The highest BCUT2D eigenvalue weighted by atomic mass is 16.5. The summed E-state index contributed by atoms with van der Waals surface area (Å²) in [7, 11) is 0. The lowest BCUT2D eigenvalue weighted by atomic mass is 9.96. The predicted molar refractivity (Wildman–Crippen MR) is 84.3 cm³/mol. The Morgan fingerprint density at radius 2 is 1.85 bits per heavy atom. The molecule has 0 radical (unpaired) electrons. The molecule has 1 aromatic rings. The largest absolute Gasteiger partial charge is 0.476 e. The van der Waals surface area contributed by atoms with Crippen molar-refractivity contribution in [1.29, 1.82) is 0 Å². The quantitative estimate of drug-likeness (QED) is 0.749. The van der Waals surface area contributed by atoms with Gasteiger partial charge in [-0.1, -0.05) is 40.5 Å². The topological polar surface area (TPSA) is 73.1 Å². The van der Waals surface area contributed by atoms with Crippen molar-refractivity contribution in [3.8, 4) is 5.88 Å². The van der Waals surface area contributed by atoms with Gasteiger partial charge >= 0.3 is 0 Å². The van der Waals surface area contributed by atoms with Crippen LogP contribution in [-0.2, 0) is 5.41 Å². The van der Waals surface area contributed by atoms with E-state index in [1.165, 1.54) is 12.8 Å². The Labute approximate surface area is 122 Å². The number of unbranched alkanes of at least 4 members (excludes halogenated alkanes) is 2. The third kappa shape index (κ3) is 4.54. The molecule has 0 aliphatic carbocycles. The number of hydrogen-bond donors (Lipinski definition) is 2. The van der Waals surface area contributed by atoms with E-state index in [2.05, 4.69) is 43.0 Å². The zero-order valence-corrected chi connectivity index (χ0v) is 13.4. The number of hydrogen-bond acceptors (Lipinski definition) is 5. The fraction of sp³-hybridized carbons (Fsp3) is 0.733. The van der Waals surface area contributed by atoms with Crippen LogP contribution in [0.2, 0.25) is 0 Å². The summed E-state index contributed by atoms with van der Waals surface area (Å²) >= 11 is 0. The minimum absolute atomic E-state index is 0.139. The molecule has 0 saturated carbocycles. The monoisotopic (exact) mass is 280 g/mol. The maximum atomic E-state index is 6.08. The molecule has 0 unspecified atom stereocenters. The van der Waals surface area contributed by atoms with Gasteiger partial charge < -0.3 is 15.8 Å². The first-order valence-electron chi connectivity index (χ1n) is 7.44. The molecule has 3 N–H and O–H groups in total. The van der Waals surface area contributed by atoms with Crippen molar-refractivity contribution in [2.45, 2.75) is 59.3 Å². The van der Waals surface area contributed by atoms with Gasteiger partial charge in [-0.3, -0.25) is 0 Å². The van der Waals surface area contributed by atoms with Crippen LogP contribution < -0.4 is 15.8 Å². The van der Waals surface area contributed by atoms with Crippen LogP contribution in [0, 0.1) is 0 Å². The van der Waals surface area contributed by atoms with Crippen molar-refractivity contribution >= 4 is 11.5 Å². The van der Waals surface area contributed by atoms with E-state index in [0.29, 0.717) is 24.0 Å². The summed E-state index contributed by atoms with van der Waals surface area (Å²) in [5.41, 5.74) is 6.44. The molecule has 5 nitrogen and oxygen atoms in total.